The van der Waals surface area contributed by atoms with Crippen LogP contribution in [0.2, 0.25) is 0 Å². The number of carbonyl (C=O) groups is 1. The van der Waals surface area contributed by atoms with Crippen LogP contribution in [0.15, 0.2) is 71.6 Å². The summed E-state index contributed by atoms with van der Waals surface area (Å²) in [4.78, 5) is 13.4. The van der Waals surface area contributed by atoms with E-state index in [4.69, 9.17) is 4.74 Å². The number of fused-ring (bicyclic) bond motifs is 1. The highest BCUT2D eigenvalue weighted by Crippen LogP contribution is 2.34. The predicted octanol–water partition coefficient (Wildman–Crippen LogP) is 4.70. The number of benzene rings is 3. The molecule has 0 heterocycles. The summed E-state index contributed by atoms with van der Waals surface area (Å²) in [7, 11) is -2.53. The van der Waals surface area contributed by atoms with Crippen LogP contribution in [-0.2, 0) is 21.2 Å². The van der Waals surface area contributed by atoms with E-state index in [2.05, 4.69) is 11.4 Å². The molecule has 0 fully saturated rings. The number of rotatable bonds is 7. The minimum Gasteiger partial charge on any atom is -0.495 e. The molecule has 0 aromatic heterocycles. The van der Waals surface area contributed by atoms with Crippen LogP contribution in [-0.4, -0.2) is 28.0 Å². The van der Waals surface area contributed by atoms with E-state index < -0.39 is 10.0 Å². The van der Waals surface area contributed by atoms with Crippen molar-refractivity contribution in [1.82, 2.24) is 5.32 Å². The van der Waals surface area contributed by atoms with Crippen molar-refractivity contribution in [3.8, 4) is 5.75 Å². The van der Waals surface area contributed by atoms with Gasteiger partial charge >= 0.3 is 0 Å². The monoisotopic (exact) mass is 478 g/mol. The van der Waals surface area contributed by atoms with E-state index in [9.17, 15) is 13.2 Å². The predicted molar refractivity (Wildman–Crippen MR) is 134 cm³/mol. The maximum Gasteiger partial charge on any atom is 0.264 e. The van der Waals surface area contributed by atoms with E-state index in [0.717, 1.165) is 40.3 Å². The molecule has 4 rings (SSSR count). The van der Waals surface area contributed by atoms with Gasteiger partial charge in [0.1, 0.15) is 12.3 Å². The Morgan fingerprint density at radius 1 is 1.03 bits per heavy atom. The van der Waals surface area contributed by atoms with E-state index >= 15 is 0 Å². The number of amides is 1. The van der Waals surface area contributed by atoms with Crippen LogP contribution < -0.4 is 14.4 Å². The molecule has 1 N–H and O–H groups in total. The molecule has 1 amide bonds. The number of ether oxygens (including phenoxy) is 1. The normalized spacial score (nSPS) is 15.3. The highest BCUT2D eigenvalue weighted by molar-refractivity contribution is 7.92. The van der Waals surface area contributed by atoms with Crippen LogP contribution in [0, 0.1) is 13.8 Å². The van der Waals surface area contributed by atoms with Gasteiger partial charge in [-0.3, -0.25) is 9.10 Å². The topological polar surface area (TPSA) is 75.7 Å². The van der Waals surface area contributed by atoms with Gasteiger partial charge in [0.15, 0.2) is 0 Å². The van der Waals surface area contributed by atoms with Gasteiger partial charge in [-0.1, -0.05) is 48.0 Å². The van der Waals surface area contributed by atoms with Crippen LogP contribution in [0.4, 0.5) is 5.69 Å². The Hall–Kier alpha value is -3.32. The molecule has 3 aromatic carbocycles. The van der Waals surface area contributed by atoms with Crippen molar-refractivity contribution < 1.29 is 17.9 Å². The molecule has 7 heteroatoms. The number of aryl methyl sites for hydroxylation is 3. The molecule has 0 bridgehead atoms. The van der Waals surface area contributed by atoms with E-state index in [0.29, 0.717) is 11.4 Å². The summed E-state index contributed by atoms with van der Waals surface area (Å²) < 4.78 is 34.1. The molecule has 1 atom stereocenters. The fourth-order valence-electron chi connectivity index (χ4n) is 4.41. The molecule has 178 valence electrons. The Morgan fingerprint density at radius 3 is 2.47 bits per heavy atom. The minimum absolute atomic E-state index is 0.123. The van der Waals surface area contributed by atoms with Crippen molar-refractivity contribution in [2.75, 3.05) is 18.0 Å². The Balaban J connectivity index is 1.69. The number of carbonyl (C=O) groups excluding carboxylic acids is 1. The first-order valence-corrected chi connectivity index (χ1v) is 12.8. The number of nitrogens with zero attached hydrogens (tertiary/aromatic N) is 1. The van der Waals surface area contributed by atoms with Crippen molar-refractivity contribution in [3.05, 3.63) is 89.0 Å². The highest BCUT2D eigenvalue weighted by Gasteiger charge is 2.31. The van der Waals surface area contributed by atoms with Crippen LogP contribution in [0.25, 0.3) is 0 Å². The first-order chi connectivity index (χ1) is 16.3. The largest absolute Gasteiger partial charge is 0.495 e. The molecule has 0 aliphatic heterocycles. The zero-order valence-electron chi connectivity index (χ0n) is 19.7. The molecule has 3 aromatic rings. The molecular formula is C27H30N2O4S. The summed E-state index contributed by atoms with van der Waals surface area (Å²) >= 11 is 0. The van der Waals surface area contributed by atoms with Crippen LogP contribution in [0.3, 0.4) is 0 Å². The summed E-state index contributed by atoms with van der Waals surface area (Å²) in [6.07, 6.45) is 2.78. The van der Waals surface area contributed by atoms with E-state index in [1.165, 1.54) is 12.7 Å². The summed E-state index contributed by atoms with van der Waals surface area (Å²) in [6.45, 7) is 3.42. The van der Waals surface area contributed by atoms with Crippen LogP contribution in [0.1, 0.15) is 41.1 Å². The third-order valence-corrected chi connectivity index (χ3v) is 7.98. The second-order valence-corrected chi connectivity index (χ2v) is 10.6. The first-order valence-electron chi connectivity index (χ1n) is 11.4. The molecule has 6 nitrogen and oxygen atoms in total. The molecule has 0 radical (unpaired) electrons. The van der Waals surface area contributed by atoms with Gasteiger partial charge in [0.25, 0.3) is 10.0 Å². The molecule has 0 saturated heterocycles. The Bertz CT molecular complexity index is 1290. The zero-order valence-corrected chi connectivity index (χ0v) is 20.6. The maximum atomic E-state index is 13.7. The standard InChI is InChI=1S/C27H30N2O4S/c1-19-11-14-22(15-12-19)34(31,32)29(25-17-20(2)13-16-26(25)33-3)18-27(30)28-24-10-6-8-21-7-4-5-9-23(21)24/h4-5,7,9,11-17,24H,6,8,10,18H2,1-3H3,(H,28,30)/t24-/m0/s1. The van der Waals surface area contributed by atoms with Gasteiger partial charge in [0.05, 0.1) is 23.7 Å². The minimum atomic E-state index is -4.02. The van der Waals surface area contributed by atoms with Gasteiger partial charge in [-0.05, 0) is 74.1 Å². The highest BCUT2D eigenvalue weighted by atomic mass is 32.2. The molecule has 1 aliphatic rings. The second-order valence-electron chi connectivity index (χ2n) is 8.71. The summed E-state index contributed by atoms with van der Waals surface area (Å²) in [6, 6.07) is 19.9. The molecule has 0 spiro atoms. The summed E-state index contributed by atoms with van der Waals surface area (Å²) in [5, 5.41) is 3.07. The lowest BCUT2D eigenvalue weighted by molar-refractivity contribution is -0.120. The van der Waals surface area contributed by atoms with Crippen LogP contribution >= 0.6 is 0 Å². The Kier molecular flexibility index (Phi) is 6.93. The number of sulfonamides is 1. The quantitative estimate of drug-likeness (QED) is 0.534. The Morgan fingerprint density at radius 2 is 1.74 bits per heavy atom. The van der Waals surface area contributed by atoms with Crippen molar-refractivity contribution in [2.45, 2.75) is 44.0 Å². The van der Waals surface area contributed by atoms with E-state index in [1.54, 1.807) is 36.4 Å². The molecule has 1 aliphatic carbocycles. The average molecular weight is 479 g/mol. The Labute approximate surface area is 201 Å². The molecule has 0 unspecified atom stereocenters. The second kappa shape index (κ2) is 9.89. The summed E-state index contributed by atoms with van der Waals surface area (Å²) in [5.74, 6) is 0.0260. The third kappa shape index (κ3) is 4.94. The smallest absolute Gasteiger partial charge is 0.264 e. The van der Waals surface area contributed by atoms with Gasteiger partial charge in [-0.2, -0.15) is 0 Å². The molecular weight excluding hydrogens is 448 g/mol. The third-order valence-electron chi connectivity index (χ3n) is 6.20. The summed E-state index contributed by atoms with van der Waals surface area (Å²) in [5.41, 5.74) is 4.47. The number of methoxy groups -OCH3 is 1. The fraction of sp³-hybridized carbons (Fsp3) is 0.296. The fourth-order valence-corrected chi connectivity index (χ4v) is 5.83. The van der Waals surface area contributed by atoms with Crippen LogP contribution in [0.5, 0.6) is 5.75 Å². The number of hydrogen-bond donors (Lipinski definition) is 1. The lowest BCUT2D eigenvalue weighted by Gasteiger charge is -2.29. The van der Waals surface area contributed by atoms with Crippen molar-refractivity contribution in [2.24, 2.45) is 0 Å². The van der Waals surface area contributed by atoms with E-state index in [1.807, 2.05) is 38.1 Å². The first kappa shape index (κ1) is 23.8. The zero-order chi connectivity index (χ0) is 24.3. The van der Waals surface area contributed by atoms with Crippen molar-refractivity contribution in [1.29, 1.82) is 0 Å². The lowest BCUT2D eigenvalue weighted by atomic mass is 9.88. The van der Waals surface area contributed by atoms with Gasteiger partial charge in [0.2, 0.25) is 5.91 Å². The molecule has 34 heavy (non-hydrogen) atoms. The van der Waals surface area contributed by atoms with E-state index in [-0.39, 0.29) is 23.4 Å². The van der Waals surface area contributed by atoms with Gasteiger partial charge < -0.3 is 10.1 Å². The lowest BCUT2D eigenvalue weighted by Crippen LogP contribution is -2.42. The average Bonchev–Trinajstić information content (AvgIpc) is 2.83. The van der Waals surface area contributed by atoms with Gasteiger partial charge in [-0.15, -0.1) is 0 Å². The number of nitrogens with one attached hydrogen (secondary N) is 1. The van der Waals surface area contributed by atoms with Gasteiger partial charge in [-0.25, -0.2) is 8.42 Å². The number of anilines is 1. The molecule has 0 saturated carbocycles. The SMILES string of the molecule is COc1ccc(C)cc1N(CC(=O)N[C@H]1CCCc2ccccc21)S(=O)(=O)c1ccc(C)cc1. The van der Waals surface area contributed by atoms with Gasteiger partial charge in [0, 0.05) is 0 Å². The van der Waals surface area contributed by atoms with Crippen molar-refractivity contribution in [3.63, 3.8) is 0 Å². The van der Waals surface area contributed by atoms with Crippen molar-refractivity contribution >= 4 is 21.6 Å². The number of hydrogen-bond acceptors (Lipinski definition) is 4. The maximum absolute atomic E-state index is 13.7.